The molecule has 1 fully saturated rings. The van der Waals surface area contributed by atoms with E-state index in [0.29, 0.717) is 23.7 Å². The summed E-state index contributed by atoms with van der Waals surface area (Å²) in [5, 5.41) is 9.47. The second-order valence-electron chi connectivity index (χ2n) is 16.5. The average Bonchev–Trinajstić information content (AvgIpc) is 3.93. The third kappa shape index (κ3) is 12.0. The molecule has 1 unspecified atom stereocenters. The molecular weight excluding hydrogens is 844 g/mol. The van der Waals surface area contributed by atoms with Crippen LogP contribution >= 0.6 is 8.53 Å². The van der Waals surface area contributed by atoms with Gasteiger partial charge in [0.25, 0.3) is 14.5 Å². The fourth-order valence-corrected chi connectivity index (χ4v) is 9.86. The van der Waals surface area contributed by atoms with Gasteiger partial charge >= 0.3 is 5.69 Å². The second-order valence-corrected chi connectivity index (χ2v) is 17.9. The minimum absolute atomic E-state index is 0.0719. The largest absolute Gasteiger partial charge is 0.497 e. The maximum Gasteiger partial charge on any atom is 0.357 e. The summed E-state index contributed by atoms with van der Waals surface area (Å²) >= 11 is 0. The average molecular weight is 909 g/mol. The van der Waals surface area contributed by atoms with Crippen LogP contribution in [0.4, 0.5) is 5.95 Å². The van der Waals surface area contributed by atoms with E-state index < -0.39 is 38.3 Å². The van der Waals surface area contributed by atoms with Crippen molar-refractivity contribution in [3.63, 3.8) is 0 Å². The van der Waals surface area contributed by atoms with E-state index in [4.69, 9.17) is 33.0 Å². The first-order valence-electron chi connectivity index (χ1n) is 22.7. The molecule has 0 N–H and O–H groups in total. The van der Waals surface area contributed by atoms with E-state index in [1.54, 1.807) is 33.0 Å². The number of ether oxygens (including phenoxy) is 4. The van der Waals surface area contributed by atoms with E-state index in [-0.39, 0.29) is 37.7 Å². The molecule has 16 heteroatoms. The fourth-order valence-electron chi connectivity index (χ4n) is 8.10. The van der Waals surface area contributed by atoms with Crippen molar-refractivity contribution in [2.24, 2.45) is 4.99 Å². The summed E-state index contributed by atoms with van der Waals surface area (Å²) in [6, 6.07) is 28.2. The molecule has 1 aliphatic rings. The zero-order valence-electron chi connectivity index (χ0n) is 39.1. The number of imidazole rings is 1. The van der Waals surface area contributed by atoms with Gasteiger partial charge in [0.15, 0.2) is 0 Å². The van der Waals surface area contributed by atoms with Crippen LogP contribution in [0.2, 0.25) is 0 Å². The van der Waals surface area contributed by atoms with Gasteiger partial charge in [-0.25, -0.2) is 18.9 Å². The van der Waals surface area contributed by atoms with Crippen molar-refractivity contribution in [2.45, 2.75) is 116 Å². The Balaban J connectivity index is 1.43. The van der Waals surface area contributed by atoms with Crippen LogP contribution < -0.4 is 15.2 Å². The Bertz CT molecular complexity index is 2290. The number of methoxy groups -OCH3 is 2. The zero-order valence-corrected chi connectivity index (χ0v) is 40.0. The maximum atomic E-state index is 13.5. The minimum Gasteiger partial charge on any atom is -0.497 e. The first-order valence-corrected chi connectivity index (χ1v) is 23.8. The van der Waals surface area contributed by atoms with Gasteiger partial charge in [-0.2, -0.15) is 15.2 Å². The Labute approximate surface area is 384 Å². The molecule has 6 rings (SSSR count). The van der Waals surface area contributed by atoms with Crippen LogP contribution in [0, 0.1) is 11.3 Å². The van der Waals surface area contributed by atoms with Gasteiger partial charge in [0.05, 0.1) is 52.4 Å². The quantitative estimate of drug-likeness (QED) is 0.0181. The third-order valence-electron chi connectivity index (χ3n) is 11.4. The van der Waals surface area contributed by atoms with Gasteiger partial charge in [-0.05, 0) is 81.5 Å². The summed E-state index contributed by atoms with van der Waals surface area (Å²) in [6.45, 7) is 14.7. The number of hydrogen-bond acceptors (Lipinski definition) is 12. The topological polar surface area (TPSA) is 150 Å². The Morgan fingerprint density at radius 1 is 0.892 bits per heavy atom. The van der Waals surface area contributed by atoms with Crippen LogP contribution in [0.25, 0.3) is 5.78 Å². The lowest BCUT2D eigenvalue weighted by Gasteiger charge is -2.39. The van der Waals surface area contributed by atoms with E-state index in [9.17, 15) is 10.1 Å². The number of benzene rings is 3. The first-order chi connectivity index (χ1) is 31.6. The van der Waals surface area contributed by atoms with Crippen LogP contribution in [0.15, 0.2) is 101 Å². The van der Waals surface area contributed by atoms with Crippen molar-refractivity contribution < 1.29 is 28.0 Å². The highest BCUT2D eigenvalue weighted by molar-refractivity contribution is 7.44. The summed E-state index contributed by atoms with van der Waals surface area (Å²) in [5.41, 5.74) is 1.03. The predicted octanol–water partition coefficient (Wildman–Crippen LogP) is 9.43. The van der Waals surface area contributed by atoms with Crippen LogP contribution in [0.1, 0.15) is 103 Å². The van der Waals surface area contributed by atoms with Gasteiger partial charge in [0.1, 0.15) is 29.4 Å². The summed E-state index contributed by atoms with van der Waals surface area (Å²) in [6.07, 6.45) is 8.09. The maximum absolute atomic E-state index is 13.5. The monoisotopic (exact) mass is 908 g/mol. The van der Waals surface area contributed by atoms with Gasteiger partial charge in [-0.1, -0.05) is 81.3 Å². The van der Waals surface area contributed by atoms with Crippen LogP contribution in [0.3, 0.4) is 0 Å². The molecule has 1 saturated heterocycles. The van der Waals surface area contributed by atoms with E-state index in [0.717, 1.165) is 55.5 Å². The molecule has 5 aromatic rings. The molecular formula is C49H65N8O7P. The number of nitrogens with zero attached hydrogens (tertiary/aromatic N) is 8. The van der Waals surface area contributed by atoms with Crippen molar-refractivity contribution in [2.75, 3.05) is 40.5 Å². The molecule has 0 aliphatic carbocycles. The summed E-state index contributed by atoms with van der Waals surface area (Å²) in [5.74, 6) is 1.84. The molecule has 4 atom stereocenters. The molecule has 0 spiro atoms. The van der Waals surface area contributed by atoms with Crippen LogP contribution in [-0.4, -0.2) is 99.7 Å². The normalized spacial score (nSPS) is 17.1. The summed E-state index contributed by atoms with van der Waals surface area (Å²) in [4.78, 5) is 29.3. The summed E-state index contributed by atoms with van der Waals surface area (Å²) in [7, 11) is 1.62. The van der Waals surface area contributed by atoms with E-state index >= 15 is 0 Å². The predicted molar refractivity (Wildman–Crippen MR) is 254 cm³/mol. The smallest absolute Gasteiger partial charge is 0.357 e. The molecule has 0 saturated carbocycles. The van der Waals surface area contributed by atoms with E-state index in [1.165, 1.54) is 4.40 Å². The highest BCUT2D eigenvalue weighted by atomic mass is 31.2. The van der Waals surface area contributed by atoms with E-state index in [2.05, 4.69) is 79.3 Å². The van der Waals surface area contributed by atoms with Crippen molar-refractivity contribution >= 4 is 26.6 Å². The summed E-state index contributed by atoms with van der Waals surface area (Å²) < 4.78 is 44.5. The number of aliphatic imine (C=N–C) groups is 1. The zero-order chi connectivity index (χ0) is 46.3. The Morgan fingerprint density at radius 2 is 1.49 bits per heavy atom. The number of aromatic nitrogens is 4. The second kappa shape index (κ2) is 23.8. The van der Waals surface area contributed by atoms with Gasteiger partial charge in [-0.3, -0.25) is 4.57 Å². The lowest BCUT2D eigenvalue weighted by Crippen LogP contribution is -2.39. The Morgan fingerprint density at radius 3 is 2.05 bits per heavy atom. The molecule has 348 valence electrons. The van der Waals surface area contributed by atoms with Crippen molar-refractivity contribution in [3.05, 3.63) is 118 Å². The Hall–Kier alpha value is -5.20. The van der Waals surface area contributed by atoms with Crippen LogP contribution in [0.5, 0.6) is 11.5 Å². The number of rotatable bonds is 25. The molecule has 3 aromatic carbocycles. The minimum atomic E-state index is -1.67. The van der Waals surface area contributed by atoms with Crippen LogP contribution in [-0.2, 0) is 24.1 Å². The number of hydrogen-bond donors (Lipinski definition) is 0. The lowest BCUT2D eigenvalue weighted by molar-refractivity contribution is -0.0912. The first kappa shape index (κ1) is 49.2. The van der Waals surface area contributed by atoms with Crippen molar-refractivity contribution in [3.8, 4) is 17.6 Å². The SMILES string of the molecule is CCCCN(/C=N/c1nc(=O)n2ccn([C@H]3C[C@H](OP(OCCC#N)N(C(C)C)C(C)C)[C@@H](COC(c4ccccc4)(c4ccc(OC)cc4)c4ccc(OC)cc4)O3)c2n1)CCCC. The molecule has 15 nitrogen and oxygen atoms in total. The fraction of sp³-hybridized carbons (Fsp3) is 0.490. The standard InChI is InChI=1S/C49H65N8O7P/c1-9-11-28-54(29-12-10-2)35-51-46-52-47-55(30-31-56(47)48(58)53-46)45-33-43(64-65(62-32-16-27-50)57(36(3)4)37(5)6)44(63-45)34-61-49(38-17-14-13-15-18-38,39-19-23-41(59-7)24-20-39)40-21-25-42(60-8)26-22-40/h13-15,17-26,30-31,35-37,43-45H,9-12,16,28-29,32-34H2,1-8H3/b51-35+/t43-,44+,45+,65?/m0/s1. The number of nitriles is 1. The van der Waals surface area contributed by atoms with Crippen molar-refractivity contribution in [1.82, 2.24) is 28.5 Å². The molecule has 1 aliphatic heterocycles. The number of fused-ring (bicyclic) bond motifs is 1. The molecule has 3 heterocycles. The highest BCUT2D eigenvalue weighted by Gasteiger charge is 2.45. The van der Waals surface area contributed by atoms with Gasteiger partial charge in [0.2, 0.25) is 5.78 Å². The Kier molecular flexibility index (Phi) is 18.0. The lowest BCUT2D eigenvalue weighted by atomic mass is 9.80. The molecule has 0 amide bonds. The highest BCUT2D eigenvalue weighted by Crippen LogP contribution is 2.51. The van der Waals surface area contributed by atoms with Gasteiger partial charge < -0.3 is 32.9 Å². The van der Waals surface area contributed by atoms with E-state index in [1.807, 2.05) is 71.3 Å². The van der Waals surface area contributed by atoms with Gasteiger partial charge in [0, 0.05) is 44.0 Å². The van der Waals surface area contributed by atoms with Crippen molar-refractivity contribution in [1.29, 1.82) is 5.26 Å². The van der Waals surface area contributed by atoms with Gasteiger partial charge in [-0.15, -0.1) is 0 Å². The molecule has 0 radical (unpaired) electrons. The third-order valence-corrected chi connectivity index (χ3v) is 13.5. The molecule has 2 aromatic heterocycles. The number of unbranched alkanes of at least 4 members (excludes halogenated alkanes) is 2. The molecule has 0 bridgehead atoms. The molecule has 65 heavy (non-hydrogen) atoms.